The molecule has 2 rings (SSSR count). The van der Waals surface area contributed by atoms with E-state index in [1.807, 2.05) is 30.5 Å². The Hall–Kier alpha value is -1.91. The Bertz CT molecular complexity index is 666. The monoisotopic (exact) mass is 320 g/mol. The van der Waals surface area contributed by atoms with Crippen LogP contribution in [0.1, 0.15) is 5.56 Å². The summed E-state index contributed by atoms with van der Waals surface area (Å²) in [6.45, 7) is 0. The maximum Gasteiger partial charge on any atom is 0.328 e. The predicted octanol–water partition coefficient (Wildman–Crippen LogP) is 4.95. The van der Waals surface area contributed by atoms with E-state index in [1.54, 1.807) is 30.0 Å². The SMILES string of the molecule is CSc1ccc(Oc2ccc(/C=C/C(=O)O)c(Cl)c2)cc1. The van der Waals surface area contributed by atoms with Gasteiger partial charge in [0.1, 0.15) is 11.5 Å². The molecule has 3 nitrogen and oxygen atoms in total. The van der Waals surface area contributed by atoms with Crippen molar-refractivity contribution in [3.63, 3.8) is 0 Å². The summed E-state index contributed by atoms with van der Waals surface area (Å²) in [6, 6.07) is 12.8. The minimum atomic E-state index is -1.01. The fourth-order valence-corrected chi connectivity index (χ4v) is 2.29. The van der Waals surface area contributed by atoms with Gasteiger partial charge >= 0.3 is 5.97 Å². The predicted molar refractivity (Wildman–Crippen MR) is 86.4 cm³/mol. The molecule has 0 spiro atoms. The molecule has 0 saturated carbocycles. The third-order valence-corrected chi connectivity index (χ3v) is 3.74. The molecule has 0 saturated heterocycles. The minimum absolute atomic E-state index is 0.436. The highest BCUT2D eigenvalue weighted by molar-refractivity contribution is 7.98. The summed E-state index contributed by atoms with van der Waals surface area (Å²) in [5.74, 6) is 0.308. The molecule has 1 N–H and O–H groups in total. The van der Waals surface area contributed by atoms with Crippen molar-refractivity contribution >= 4 is 35.4 Å². The second kappa shape index (κ2) is 7.20. The van der Waals surface area contributed by atoms with Gasteiger partial charge in [-0.25, -0.2) is 4.79 Å². The standard InChI is InChI=1S/C16H13ClO3S/c1-21-14-7-5-12(6-8-14)20-13-4-2-11(15(17)10-13)3-9-16(18)19/h2-10H,1H3,(H,18,19)/b9-3+. The molecule has 0 aromatic heterocycles. The Morgan fingerprint density at radius 3 is 2.43 bits per heavy atom. The van der Waals surface area contributed by atoms with Crippen molar-refractivity contribution in [1.29, 1.82) is 0 Å². The van der Waals surface area contributed by atoms with Gasteiger partial charge in [-0.2, -0.15) is 0 Å². The number of benzene rings is 2. The molecule has 0 unspecified atom stereocenters. The van der Waals surface area contributed by atoms with Gasteiger partial charge in [-0.1, -0.05) is 11.6 Å². The summed E-state index contributed by atoms with van der Waals surface area (Å²) in [5, 5.41) is 9.04. The number of hydrogen-bond acceptors (Lipinski definition) is 3. The first-order valence-corrected chi connectivity index (χ1v) is 7.71. The maximum atomic E-state index is 10.5. The highest BCUT2D eigenvalue weighted by Crippen LogP contribution is 2.28. The van der Waals surface area contributed by atoms with Crippen molar-refractivity contribution < 1.29 is 14.6 Å². The zero-order valence-corrected chi connectivity index (χ0v) is 12.8. The molecule has 0 aliphatic carbocycles. The second-order valence-electron chi connectivity index (χ2n) is 4.13. The first-order chi connectivity index (χ1) is 10.1. The number of hydrogen-bond donors (Lipinski definition) is 1. The summed E-state index contributed by atoms with van der Waals surface area (Å²) in [5.41, 5.74) is 0.629. The molecule has 0 radical (unpaired) electrons. The first kappa shape index (κ1) is 15.5. The molecule has 21 heavy (non-hydrogen) atoms. The van der Waals surface area contributed by atoms with E-state index in [2.05, 4.69) is 0 Å². The Morgan fingerprint density at radius 1 is 1.19 bits per heavy atom. The van der Waals surface area contributed by atoms with E-state index in [4.69, 9.17) is 21.4 Å². The molecule has 2 aromatic rings. The van der Waals surface area contributed by atoms with Gasteiger partial charge in [0.05, 0.1) is 5.02 Å². The Morgan fingerprint density at radius 2 is 1.86 bits per heavy atom. The van der Waals surface area contributed by atoms with Crippen LogP contribution < -0.4 is 4.74 Å². The lowest BCUT2D eigenvalue weighted by molar-refractivity contribution is -0.131. The Kier molecular flexibility index (Phi) is 5.31. The van der Waals surface area contributed by atoms with E-state index < -0.39 is 5.97 Å². The topological polar surface area (TPSA) is 46.5 Å². The lowest BCUT2D eigenvalue weighted by Gasteiger charge is -2.07. The highest BCUT2D eigenvalue weighted by Gasteiger charge is 2.03. The van der Waals surface area contributed by atoms with Crippen molar-refractivity contribution in [1.82, 2.24) is 0 Å². The number of aliphatic carboxylic acids is 1. The van der Waals surface area contributed by atoms with Crippen molar-refractivity contribution in [2.24, 2.45) is 0 Å². The number of thioether (sulfide) groups is 1. The van der Waals surface area contributed by atoms with Crippen molar-refractivity contribution in [3.8, 4) is 11.5 Å². The van der Waals surface area contributed by atoms with Gasteiger partial charge in [0.25, 0.3) is 0 Å². The molecule has 2 aromatic carbocycles. The molecule has 0 fully saturated rings. The molecule has 0 atom stereocenters. The van der Waals surface area contributed by atoms with Gasteiger partial charge in [-0.15, -0.1) is 11.8 Å². The molecule has 0 amide bonds. The van der Waals surface area contributed by atoms with Crippen LogP contribution in [0.5, 0.6) is 11.5 Å². The van der Waals surface area contributed by atoms with Crippen LogP contribution in [0.3, 0.4) is 0 Å². The van der Waals surface area contributed by atoms with E-state index in [0.717, 1.165) is 16.7 Å². The lowest BCUT2D eigenvalue weighted by Crippen LogP contribution is -1.87. The summed E-state index contributed by atoms with van der Waals surface area (Å²) in [4.78, 5) is 11.6. The highest BCUT2D eigenvalue weighted by atomic mass is 35.5. The van der Waals surface area contributed by atoms with Crippen LogP contribution in [0.4, 0.5) is 0 Å². The van der Waals surface area contributed by atoms with Crippen LogP contribution in [0.25, 0.3) is 6.08 Å². The van der Waals surface area contributed by atoms with E-state index in [-0.39, 0.29) is 0 Å². The normalized spacial score (nSPS) is 10.8. The zero-order valence-electron chi connectivity index (χ0n) is 11.2. The Labute approximate surface area is 132 Å². The minimum Gasteiger partial charge on any atom is -0.478 e. The van der Waals surface area contributed by atoms with Gasteiger partial charge in [-0.05, 0) is 60.4 Å². The van der Waals surface area contributed by atoms with Crippen LogP contribution in [0.2, 0.25) is 5.02 Å². The summed E-state index contributed by atoms with van der Waals surface area (Å²) >= 11 is 7.76. The Balaban J connectivity index is 2.14. The number of carboxylic acids is 1. The molecule has 108 valence electrons. The summed E-state index contributed by atoms with van der Waals surface area (Å²) in [7, 11) is 0. The van der Waals surface area contributed by atoms with Gasteiger partial charge in [0.2, 0.25) is 0 Å². The average molecular weight is 321 g/mol. The van der Waals surface area contributed by atoms with Crippen molar-refractivity contribution in [2.75, 3.05) is 6.26 Å². The molecular formula is C16H13ClO3S. The van der Waals surface area contributed by atoms with Gasteiger partial charge in [-0.3, -0.25) is 0 Å². The number of carbonyl (C=O) groups is 1. The third kappa shape index (κ3) is 4.55. The smallest absolute Gasteiger partial charge is 0.328 e. The van der Waals surface area contributed by atoms with Crippen LogP contribution in [-0.2, 0) is 4.79 Å². The van der Waals surface area contributed by atoms with E-state index in [1.165, 1.54) is 6.08 Å². The summed E-state index contributed by atoms with van der Waals surface area (Å²) in [6.07, 6.45) is 4.50. The average Bonchev–Trinajstić information content (AvgIpc) is 2.47. The first-order valence-electron chi connectivity index (χ1n) is 6.11. The molecule has 5 heteroatoms. The second-order valence-corrected chi connectivity index (χ2v) is 5.42. The molecular weight excluding hydrogens is 308 g/mol. The van der Waals surface area contributed by atoms with Crippen molar-refractivity contribution in [2.45, 2.75) is 4.90 Å². The maximum absolute atomic E-state index is 10.5. The van der Waals surface area contributed by atoms with Crippen LogP contribution in [-0.4, -0.2) is 17.3 Å². The fraction of sp³-hybridized carbons (Fsp3) is 0.0625. The van der Waals surface area contributed by atoms with E-state index in [0.29, 0.717) is 16.3 Å². The molecule has 0 aliphatic rings. The van der Waals surface area contributed by atoms with Crippen LogP contribution in [0, 0.1) is 0 Å². The quantitative estimate of drug-likeness (QED) is 0.625. The fourth-order valence-electron chi connectivity index (χ4n) is 1.65. The third-order valence-electron chi connectivity index (χ3n) is 2.67. The molecule has 0 bridgehead atoms. The van der Waals surface area contributed by atoms with Gasteiger partial charge in [0.15, 0.2) is 0 Å². The number of carboxylic acid groups (broad SMARTS) is 1. The molecule has 0 heterocycles. The van der Waals surface area contributed by atoms with Gasteiger partial charge < -0.3 is 9.84 Å². The van der Waals surface area contributed by atoms with E-state index in [9.17, 15) is 4.79 Å². The van der Waals surface area contributed by atoms with Crippen molar-refractivity contribution in [3.05, 3.63) is 59.1 Å². The van der Waals surface area contributed by atoms with Gasteiger partial charge in [0, 0.05) is 11.0 Å². The number of halogens is 1. The summed E-state index contributed by atoms with van der Waals surface area (Å²) < 4.78 is 5.71. The number of rotatable bonds is 5. The van der Waals surface area contributed by atoms with Crippen LogP contribution >= 0.6 is 23.4 Å². The van der Waals surface area contributed by atoms with E-state index >= 15 is 0 Å². The lowest BCUT2D eigenvalue weighted by atomic mass is 10.2. The molecule has 0 aliphatic heterocycles. The largest absolute Gasteiger partial charge is 0.478 e. The number of ether oxygens (including phenoxy) is 1. The van der Waals surface area contributed by atoms with Crippen LogP contribution in [0.15, 0.2) is 53.4 Å². The zero-order chi connectivity index (χ0) is 15.2.